The van der Waals surface area contributed by atoms with Gasteiger partial charge in [-0.05, 0) is 56.5 Å². The number of nitrogens with one attached hydrogen (secondary N) is 1. The predicted molar refractivity (Wildman–Crippen MR) is 132 cm³/mol. The largest absolute Gasteiger partial charge is 0.467 e. The molecule has 0 bridgehead atoms. The number of ether oxygens (including phenoxy) is 1. The van der Waals surface area contributed by atoms with Crippen molar-refractivity contribution in [2.24, 2.45) is 5.92 Å². The Kier molecular flexibility index (Phi) is 7.49. The number of aryl methyl sites for hydroxylation is 1. The molecule has 0 spiro atoms. The number of aromatic nitrogens is 2. The van der Waals surface area contributed by atoms with Gasteiger partial charge in [0.2, 0.25) is 0 Å². The topological polar surface area (TPSA) is 130 Å². The number of rotatable bonds is 7. The number of nitrogens with zero attached hydrogens (tertiary/aromatic N) is 4. The van der Waals surface area contributed by atoms with E-state index in [1.165, 1.54) is 16.7 Å². The third-order valence-corrected chi connectivity index (χ3v) is 6.06. The zero-order valence-corrected chi connectivity index (χ0v) is 20.2. The van der Waals surface area contributed by atoms with E-state index in [1.807, 2.05) is 24.0 Å². The standard InChI is InChI=1S/C26H27N5O5/c1-3-35-26(34)18-8-5-10-30(16-18)23-21(25(33)31-11-4-7-17(2)22(31)29-23)13-19(14-27)24(32)28-15-20-9-6-12-36-20/h4,6-7,9,11-13,18H,3,5,8,10,15-16H2,1-2H3,(H,28,32)/b19-13+/t18-/m1/s1. The molecule has 0 aromatic carbocycles. The third-order valence-electron chi connectivity index (χ3n) is 6.06. The molecule has 36 heavy (non-hydrogen) atoms. The van der Waals surface area contributed by atoms with E-state index in [1.54, 1.807) is 31.3 Å². The Morgan fingerprint density at radius 2 is 2.19 bits per heavy atom. The van der Waals surface area contributed by atoms with Crippen LogP contribution < -0.4 is 15.8 Å². The number of pyridine rings is 1. The maximum Gasteiger partial charge on any atom is 0.310 e. The van der Waals surface area contributed by atoms with Gasteiger partial charge in [0, 0.05) is 19.3 Å². The van der Waals surface area contributed by atoms with Crippen LogP contribution in [0.15, 0.2) is 51.5 Å². The van der Waals surface area contributed by atoms with Gasteiger partial charge in [-0.2, -0.15) is 5.26 Å². The number of amides is 1. The fourth-order valence-electron chi connectivity index (χ4n) is 4.26. The van der Waals surface area contributed by atoms with Crippen LogP contribution in [0.3, 0.4) is 0 Å². The number of fused-ring (bicyclic) bond motifs is 1. The van der Waals surface area contributed by atoms with Gasteiger partial charge >= 0.3 is 5.97 Å². The second-order valence-electron chi connectivity index (χ2n) is 8.51. The van der Waals surface area contributed by atoms with Crippen molar-refractivity contribution in [3.8, 4) is 6.07 Å². The van der Waals surface area contributed by atoms with E-state index in [-0.39, 0.29) is 36.2 Å². The van der Waals surface area contributed by atoms with E-state index in [2.05, 4.69) is 5.32 Å². The summed E-state index contributed by atoms with van der Waals surface area (Å²) < 4.78 is 11.8. The molecular weight excluding hydrogens is 462 g/mol. The molecule has 1 aliphatic heterocycles. The number of hydrogen-bond donors (Lipinski definition) is 1. The second-order valence-corrected chi connectivity index (χ2v) is 8.51. The molecule has 1 aliphatic rings. The summed E-state index contributed by atoms with van der Waals surface area (Å²) in [5.41, 5.74) is 0.708. The van der Waals surface area contributed by atoms with E-state index in [0.717, 1.165) is 5.56 Å². The SMILES string of the molecule is CCOC(=O)[C@@H]1CCCN(c2nc3c(C)cccn3c(=O)c2/C=C(\C#N)C(=O)NCc2ccco2)C1. The van der Waals surface area contributed by atoms with Gasteiger partial charge in [-0.1, -0.05) is 6.07 Å². The lowest BCUT2D eigenvalue weighted by Crippen LogP contribution is -2.41. The lowest BCUT2D eigenvalue weighted by atomic mass is 9.97. The molecule has 0 unspecified atom stereocenters. The lowest BCUT2D eigenvalue weighted by Gasteiger charge is -2.33. The minimum absolute atomic E-state index is 0.0964. The van der Waals surface area contributed by atoms with E-state index in [9.17, 15) is 19.6 Å². The average Bonchev–Trinajstić information content (AvgIpc) is 3.41. The molecular formula is C26H27N5O5. The van der Waals surface area contributed by atoms with Crippen molar-refractivity contribution in [1.82, 2.24) is 14.7 Å². The molecule has 1 saturated heterocycles. The quantitative estimate of drug-likeness (QED) is 0.305. The summed E-state index contributed by atoms with van der Waals surface area (Å²) in [5.74, 6) is -0.434. The fourth-order valence-corrected chi connectivity index (χ4v) is 4.26. The van der Waals surface area contributed by atoms with Crippen molar-refractivity contribution in [2.75, 3.05) is 24.6 Å². The van der Waals surface area contributed by atoms with Crippen molar-refractivity contribution in [3.05, 3.63) is 69.5 Å². The predicted octanol–water partition coefficient (Wildman–Crippen LogP) is 2.60. The lowest BCUT2D eigenvalue weighted by molar-refractivity contribution is -0.148. The first-order chi connectivity index (χ1) is 17.4. The summed E-state index contributed by atoms with van der Waals surface area (Å²) in [4.78, 5) is 45.4. The molecule has 0 radical (unpaired) electrons. The molecule has 10 nitrogen and oxygen atoms in total. The van der Waals surface area contributed by atoms with Gasteiger partial charge in [0.1, 0.15) is 28.9 Å². The summed E-state index contributed by atoms with van der Waals surface area (Å²) in [6.07, 6.45) is 5.73. The maximum atomic E-state index is 13.6. The molecule has 0 aliphatic carbocycles. The van der Waals surface area contributed by atoms with Gasteiger partial charge in [-0.25, -0.2) is 4.98 Å². The first-order valence-corrected chi connectivity index (χ1v) is 11.8. The van der Waals surface area contributed by atoms with Crippen LogP contribution in [0, 0.1) is 24.2 Å². The number of esters is 1. The highest BCUT2D eigenvalue weighted by molar-refractivity contribution is 6.02. The average molecular weight is 490 g/mol. The van der Waals surface area contributed by atoms with Gasteiger partial charge in [-0.3, -0.25) is 18.8 Å². The molecule has 1 fully saturated rings. The fraction of sp³-hybridized carbons (Fsp3) is 0.346. The van der Waals surface area contributed by atoms with Crippen LogP contribution in [0.25, 0.3) is 11.7 Å². The molecule has 3 aromatic rings. The van der Waals surface area contributed by atoms with Crippen LogP contribution in [0.2, 0.25) is 0 Å². The number of furan rings is 1. The first-order valence-electron chi connectivity index (χ1n) is 11.8. The highest BCUT2D eigenvalue weighted by Gasteiger charge is 2.30. The van der Waals surface area contributed by atoms with E-state index in [0.29, 0.717) is 43.2 Å². The molecule has 1 atom stereocenters. The molecule has 186 valence electrons. The van der Waals surface area contributed by atoms with Crippen LogP contribution in [0.4, 0.5) is 5.82 Å². The molecule has 3 aromatic heterocycles. The number of anilines is 1. The zero-order valence-electron chi connectivity index (χ0n) is 20.2. The van der Waals surface area contributed by atoms with Gasteiger partial charge in [-0.15, -0.1) is 0 Å². The minimum atomic E-state index is -0.642. The Hall–Kier alpha value is -4.39. The van der Waals surface area contributed by atoms with Crippen molar-refractivity contribution < 1.29 is 18.7 Å². The zero-order chi connectivity index (χ0) is 25.7. The Labute approximate surface area is 207 Å². The smallest absolute Gasteiger partial charge is 0.310 e. The van der Waals surface area contributed by atoms with Gasteiger partial charge in [0.05, 0.1) is 30.9 Å². The number of hydrogen-bond acceptors (Lipinski definition) is 8. The van der Waals surface area contributed by atoms with Crippen molar-refractivity contribution in [2.45, 2.75) is 33.2 Å². The van der Waals surface area contributed by atoms with Crippen LogP contribution in [-0.2, 0) is 20.9 Å². The normalized spacial score (nSPS) is 16.0. The van der Waals surface area contributed by atoms with Gasteiger partial charge in [0.15, 0.2) is 0 Å². The van der Waals surface area contributed by atoms with Crippen LogP contribution in [0.5, 0.6) is 0 Å². The molecule has 4 heterocycles. The summed E-state index contributed by atoms with van der Waals surface area (Å²) in [7, 11) is 0. The van der Waals surface area contributed by atoms with Crippen LogP contribution in [-0.4, -0.2) is 41.0 Å². The van der Waals surface area contributed by atoms with Crippen LogP contribution in [0.1, 0.15) is 36.7 Å². The number of carbonyl (C=O) groups excluding carboxylic acids is 2. The molecule has 4 rings (SSSR count). The molecule has 1 N–H and O–H groups in total. The summed E-state index contributed by atoms with van der Waals surface area (Å²) in [5, 5.41) is 12.4. The Morgan fingerprint density at radius 3 is 2.92 bits per heavy atom. The Bertz CT molecular complexity index is 1400. The maximum absolute atomic E-state index is 13.6. The summed E-state index contributed by atoms with van der Waals surface area (Å²) in [6.45, 7) is 4.88. The van der Waals surface area contributed by atoms with Crippen LogP contribution >= 0.6 is 0 Å². The highest BCUT2D eigenvalue weighted by Crippen LogP contribution is 2.26. The van der Waals surface area contributed by atoms with Gasteiger partial charge in [0.25, 0.3) is 11.5 Å². The number of carbonyl (C=O) groups is 2. The third kappa shape index (κ3) is 5.15. The minimum Gasteiger partial charge on any atom is -0.467 e. The van der Waals surface area contributed by atoms with Crippen molar-refractivity contribution >= 4 is 29.4 Å². The molecule has 1 amide bonds. The first kappa shape index (κ1) is 24.7. The Balaban J connectivity index is 1.76. The van der Waals surface area contributed by atoms with Crippen molar-refractivity contribution in [3.63, 3.8) is 0 Å². The summed E-state index contributed by atoms with van der Waals surface area (Å²) >= 11 is 0. The molecule has 10 heteroatoms. The highest BCUT2D eigenvalue weighted by atomic mass is 16.5. The second kappa shape index (κ2) is 10.9. The van der Waals surface area contributed by atoms with Gasteiger partial charge < -0.3 is 19.4 Å². The summed E-state index contributed by atoms with van der Waals surface area (Å²) in [6, 6.07) is 8.87. The molecule has 0 saturated carbocycles. The van der Waals surface area contributed by atoms with Crippen molar-refractivity contribution in [1.29, 1.82) is 5.26 Å². The van der Waals surface area contributed by atoms with E-state index in [4.69, 9.17) is 14.1 Å². The van der Waals surface area contributed by atoms with E-state index >= 15 is 0 Å². The number of piperidine rings is 1. The monoisotopic (exact) mass is 489 g/mol. The number of nitriles is 1. The Morgan fingerprint density at radius 1 is 1.36 bits per heavy atom. The van der Waals surface area contributed by atoms with E-state index < -0.39 is 11.5 Å².